The maximum Gasteiger partial charge on any atom is 0.232 e. The molecule has 19 heavy (non-hydrogen) atoms. The van der Waals surface area contributed by atoms with E-state index >= 15 is 0 Å². The van der Waals surface area contributed by atoms with Crippen LogP contribution in [0.25, 0.3) is 6.08 Å². The van der Waals surface area contributed by atoms with Gasteiger partial charge in [-0.3, -0.25) is 9.59 Å². The van der Waals surface area contributed by atoms with Gasteiger partial charge in [-0.2, -0.15) is 0 Å². The van der Waals surface area contributed by atoms with Gasteiger partial charge < -0.3 is 4.74 Å². The number of carbonyl (C=O) groups excluding carboxylic acids is 1. The molecule has 0 N–H and O–H groups in total. The minimum Gasteiger partial charge on any atom is -0.448 e. The summed E-state index contributed by atoms with van der Waals surface area (Å²) < 4.78 is 5.41. The molecule has 3 nitrogen and oxygen atoms in total. The topological polar surface area (TPSA) is 43.4 Å². The molecule has 0 saturated carbocycles. The fraction of sp³-hybridized carbons (Fsp3) is 0. The summed E-state index contributed by atoms with van der Waals surface area (Å²) in [5, 5.41) is 0. The zero-order chi connectivity index (χ0) is 13.2. The molecule has 0 aromatic heterocycles. The molecular weight excluding hydrogens is 240 g/mol. The lowest BCUT2D eigenvalue weighted by Gasteiger charge is -1.97. The van der Waals surface area contributed by atoms with E-state index in [9.17, 15) is 9.59 Å². The molecule has 1 aliphatic heterocycles. The Labute approximate surface area is 109 Å². The second-order valence-corrected chi connectivity index (χ2v) is 4.18. The zero-order valence-electron chi connectivity index (χ0n) is 10.00. The number of hydrogen-bond acceptors (Lipinski definition) is 3. The molecule has 92 valence electrons. The Bertz CT molecular complexity index is 730. The average molecular weight is 250 g/mol. The van der Waals surface area contributed by atoms with Crippen LogP contribution in [0.5, 0.6) is 5.75 Å². The minimum atomic E-state index is -0.287. The van der Waals surface area contributed by atoms with Crippen LogP contribution in [0, 0.1) is 0 Å². The van der Waals surface area contributed by atoms with Crippen LogP contribution >= 0.6 is 0 Å². The molecule has 0 radical (unpaired) electrons. The number of carbonyl (C=O) groups is 1. The van der Waals surface area contributed by atoms with Gasteiger partial charge in [0.15, 0.2) is 11.5 Å². The predicted octanol–water partition coefficient (Wildman–Crippen LogP) is 2.66. The SMILES string of the molecule is O=C1/C(=C/c2ccccc2)Oc2c1ccccc2=O. The number of rotatable bonds is 1. The summed E-state index contributed by atoms with van der Waals surface area (Å²) in [4.78, 5) is 23.9. The third-order valence-electron chi connectivity index (χ3n) is 2.87. The van der Waals surface area contributed by atoms with Crippen LogP contribution in [0.4, 0.5) is 0 Å². The fourth-order valence-corrected chi connectivity index (χ4v) is 1.95. The smallest absolute Gasteiger partial charge is 0.232 e. The van der Waals surface area contributed by atoms with Crippen molar-refractivity contribution < 1.29 is 9.53 Å². The molecule has 0 bridgehead atoms. The summed E-state index contributed by atoms with van der Waals surface area (Å²) in [5.41, 5.74) is 0.887. The summed E-state index contributed by atoms with van der Waals surface area (Å²) >= 11 is 0. The Hall–Kier alpha value is -2.68. The van der Waals surface area contributed by atoms with Crippen molar-refractivity contribution in [3.8, 4) is 5.75 Å². The molecule has 0 aliphatic carbocycles. The molecule has 0 fully saturated rings. The van der Waals surface area contributed by atoms with Crippen molar-refractivity contribution in [3.05, 3.63) is 81.7 Å². The van der Waals surface area contributed by atoms with E-state index in [4.69, 9.17) is 4.74 Å². The molecular formula is C16H10O3. The summed E-state index contributed by atoms with van der Waals surface area (Å²) in [7, 11) is 0. The van der Waals surface area contributed by atoms with Crippen molar-refractivity contribution in [2.24, 2.45) is 0 Å². The van der Waals surface area contributed by atoms with Crippen LogP contribution in [0.1, 0.15) is 15.9 Å². The maximum atomic E-state index is 12.2. The Balaban J connectivity index is 2.08. The van der Waals surface area contributed by atoms with Gasteiger partial charge in [-0.05, 0) is 23.8 Å². The standard InChI is InChI=1S/C16H10O3/c17-13-9-5-4-8-12-15(18)14(19-16(12)13)10-11-6-2-1-3-7-11/h1-10H/b14-10-. The van der Waals surface area contributed by atoms with E-state index in [1.807, 2.05) is 30.3 Å². The van der Waals surface area contributed by atoms with Gasteiger partial charge in [0.25, 0.3) is 0 Å². The van der Waals surface area contributed by atoms with Gasteiger partial charge >= 0.3 is 0 Å². The van der Waals surface area contributed by atoms with Crippen LogP contribution in [0.15, 0.2) is 65.2 Å². The number of Topliss-reactive ketones (excluding diaryl/α,β-unsaturated/α-hetero) is 1. The van der Waals surface area contributed by atoms with E-state index in [1.54, 1.807) is 24.3 Å². The number of ketones is 1. The predicted molar refractivity (Wildman–Crippen MR) is 72.1 cm³/mol. The molecule has 1 aliphatic rings. The molecule has 3 rings (SSSR count). The normalized spacial score (nSPS) is 15.2. The number of ether oxygens (including phenoxy) is 1. The number of fused-ring (bicyclic) bond motifs is 1. The summed E-state index contributed by atoms with van der Waals surface area (Å²) in [6.45, 7) is 0. The van der Waals surface area contributed by atoms with Crippen molar-refractivity contribution in [2.45, 2.75) is 0 Å². The molecule has 0 spiro atoms. The second kappa shape index (κ2) is 4.53. The third-order valence-corrected chi connectivity index (χ3v) is 2.87. The first-order chi connectivity index (χ1) is 9.25. The molecule has 0 atom stereocenters. The molecule has 1 heterocycles. The second-order valence-electron chi connectivity index (χ2n) is 4.18. The molecule has 0 amide bonds. The van der Waals surface area contributed by atoms with Gasteiger partial charge in [-0.1, -0.05) is 42.5 Å². The van der Waals surface area contributed by atoms with Gasteiger partial charge in [0.1, 0.15) is 0 Å². The van der Waals surface area contributed by atoms with Crippen LogP contribution < -0.4 is 10.2 Å². The molecule has 3 heteroatoms. The van der Waals surface area contributed by atoms with E-state index in [2.05, 4.69) is 0 Å². The first-order valence-electron chi connectivity index (χ1n) is 5.88. The van der Waals surface area contributed by atoms with Gasteiger partial charge in [-0.15, -0.1) is 0 Å². The van der Waals surface area contributed by atoms with Crippen LogP contribution in [0.3, 0.4) is 0 Å². The van der Waals surface area contributed by atoms with Gasteiger partial charge in [0.05, 0.1) is 5.56 Å². The summed E-state index contributed by atoms with van der Waals surface area (Å²) in [6.07, 6.45) is 1.64. The third kappa shape index (κ3) is 2.06. The monoisotopic (exact) mass is 250 g/mol. The van der Waals surface area contributed by atoms with E-state index < -0.39 is 0 Å². The zero-order valence-corrected chi connectivity index (χ0v) is 10.00. The molecule has 0 saturated heterocycles. The highest BCUT2D eigenvalue weighted by Gasteiger charge is 2.28. The fourth-order valence-electron chi connectivity index (χ4n) is 1.95. The quantitative estimate of drug-likeness (QED) is 0.731. The van der Waals surface area contributed by atoms with Crippen LogP contribution in [0.2, 0.25) is 0 Å². The Morgan fingerprint density at radius 3 is 2.32 bits per heavy atom. The van der Waals surface area contributed by atoms with E-state index in [1.165, 1.54) is 6.07 Å². The van der Waals surface area contributed by atoms with Gasteiger partial charge in [-0.25, -0.2) is 0 Å². The highest BCUT2D eigenvalue weighted by Crippen LogP contribution is 2.27. The van der Waals surface area contributed by atoms with Crippen LogP contribution in [-0.2, 0) is 0 Å². The maximum absolute atomic E-state index is 12.2. The first-order valence-corrected chi connectivity index (χ1v) is 5.88. The molecule has 0 unspecified atom stereocenters. The van der Waals surface area contributed by atoms with Crippen LogP contribution in [-0.4, -0.2) is 5.78 Å². The Morgan fingerprint density at radius 2 is 1.53 bits per heavy atom. The van der Waals surface area contributed by atoms with Crippen molar-refractivity contribution in [1.82, 2.24) is 0 Å². The number of benzene rings is 1. The Morgan fingerprint density at radius 1 is 0.842 bits per heavy atom. The Kier molecular flexibility index (Phi) is 2.72. The highest BCUT2D eigenvalue weighted by atomic mass is 16.5. The first kappa shape index (κ1) is 11.4. The summed E-state index contributed by atoms with van der Waals surface area (Å²) in [5.74, 6) is 0.0360. The average Bonchev–Trinajstić information content (AvgIpc) is 2.62. The largest absolute Gasteiger partial charge is 0.448 e. The number of allylic oxidation sites excluding steroid dienone is 1. The minimum absolute atomic E-state index is 0.109. The lowest BCUT2D eigenvalue weighted by Crippen LogP contribution is -2.00. The number of hydrogen-bond donors (Lipinski definition) is 0. The van der Waals surface area contributed by atoms with Crippen molar-refractivity contribution in [3.63, 3.8) is 0 Å². The van der Waals surface area contributed by atoms with Gasteiger partial charge in [0, 0.05) is 0 Å². The van der Waals surface area contributed by atoms with Crippen molar-refractivity contribution in [2.75, 3.05) is 0 Å². The molecule has 2 aromatic carbocycles. The lowest BCUT2D eigenvalue weighted by atomic mass is 10.1. The van der Waals surface area contributed by atoms with Crippen molar-refractivity contribution in [1.29, 1.82) is 0 Å². The van der Waals surface area contributed by atoms with Gasteiger partial charge in [0.2, 0.25) is 11.2 Å². The summed E-state index contributed by atoms with van der Waals surface area (Å²) in [6, 6.07) is 15.6. The van der Waals surface area contributed by atoms with E-state index in [-0.39, 0.29) is 22.7 Å². The van der Waals surface area contributed by atoms with E-state index in [0.717, 1.165) is 5.56 Å². The van der Waals surface area contributed by atoms with E-state index in [0.29, 0.717) is 5.56 Å². The highest BCUT2D eigenvalue weighted by molar-refractivity contribution is 6.14. The van der Waals surface area contributed by atoms with Crippen molar-refractivity contribution >= 4 is 11.9 Å². The lowest BCUT2D eigenvalue weighted by molar-refractivity contribution is 0.101. The molecule has 2 aromatic rings.